The van der Waals surface area contributed by atoms with Gasteiger partial charge in [0.05, 0.1) is 5.69 Å². The van der Waals surface area contributed by atoms with Crippen LogP contribution < -0.4 is 10.6 Å². The van der Waals surface area contributed by atoms with Gasteiger partial charge >= 0.3 is 0 Å². The number of nitrogens with one attached hydrogen (secondary N) is 2. The molecule has 0 aromatic heterocycles. The van der Waals surface area contributed by atoms with Gasteiger partial charge in [0.2, 0.25) is 11.8 Å². The predicted molar refractivity (Wildman–Crippen MR) is 107 cm³/mol. The highest BCUT2D eigenvalue weighted by Gasteiger charge is 2.25. The summed E-state index contributed by atoms with van der Waals surface area (Å²) in [6.45, 7) is 2.43. The Bertz CT molecular complexity index is 834. The first-order valence-electron chi connectivity index (χ1n) is 9.80. The van der Waals surface area contributed by atoms with E-state index in [1.165, 1.54) is 24.3 Å². The zero-order chi connectivity index (χ0) is 20.6. The standard InChI is InChI=1S/C22H25F2N3O2/c23-18-7-5-16(6-8-18)15-25-22(29)17-9-12-27(13-10-17)14-11-21(28)26-20-4-2-1-3-19(20)24/h1-8,17H,9-15H2,(H,25,29)(H,26,28). The number of carbonyl (C=O) groups is 2. The van der Waals surface area contributed by atoms with Crippen LogP contribution in [-0.4, -0.2) is 36.3 Å². The van der Waals surface area contributed by atoms with Crippen LogP contribution in [-0.2, 0) is 16.1 Å². The second kappa shape index (κ2) is 10.1. The van der Waals surface area contributed by atoms with Gasteiger partial charge in [0, 0.05) is 25.4 Å². The number of rotatable bonds is 7. The number of piperidine rings is 1. The average molecular weight is 401 g/mol. The predicted octanol–water partition coefficient (Wildman–Crippen LogP) is 3.32. The molecule has 2 N–H and O–H groups in total. The van der Waals surface area contributed by atoms with Crippen LogP contribution in [0.5, 0.6) is 0 Å². The summed E-state index contributed by atoms with van der Waals surface area (Å²) in [6.07, 6.45) is 1.73. The van der Waals surface area contributed by atoms with Crippen LogP contribution in [0.3, 0.4) is 0 Å². The summed E-state index contributed by atoms with van der Waals surface area (Å²) in [5.41, 5.74) is 1.05. The number of likely N-dealkylation sites (tertiary alicyclic amines) is 1. The molecular weight excluding hydrogens is 376 g/mol. The first-order valence-corrected chi connectivity index (χ1v) is 9.80. The number of nitrogens with zero attached hydrogens (tertiary/aromatic N) is 1. The smallest absolute Gasteiger partial charge is 0.225 e. The molecule has 0 aliphatic carbocycles. The molecule has 1 fully saturated rings. The number of benzene rings is 2. The van der Waals surface area contributed by atoms with E-state index in [2.05, 4.69) is 15.5 Å². The topological polar surface area (TPSA) is 61.4 Å². The van der Waals surface area contributed by atoms with Gasteiger partial charge in [0.25, 0.3) is 0 Å². The summed E-state index contributed by atoms with van der Waals surface area (Å²) in [5, 5.41) is 5.49. The van der Waals surface area contributed by atoms with Gasteiger partial charge in [0.15, 0.2) is 0 Å². The first kappa shape index (κ1) is 20.9. The third kappa shape index (κ3) is 6.35. The molecule has 2 amide bonds. The Kier molecular flexibility index (Phi) is 7.30. The van der Waals surface area contributed by atoms with Gasteiger partial charge in [-0.05, 0) is 55.8 Å². The molecule has 1 heterocycles. The maximum atomic E-state index is 13.6. The van der Waals surface area contributed by atoms with E-state index in [9.17, 15) is 18.4 Å². The van der Waals surface area contributed by atoms with E-state index in [0.29, 0.717) is 13.1 Å². The molecule has 0 bridgehead atoms. The van der Waals surface area contributed by atoms with Crippen LogP contribution in [0.4, 0.5) is 14.5 Å². The van der Waals surface area contributed by atoms with Crippen LogP contribution in [0, 0.1) is 17.6 Å². The summed E-state index contributed by atoms with van der Waals surface area (Å²) in [5.74, 6) is -1.03. The summed E-state index contributed by atoms with van der Waals surface area (Å²) in [7, 11) is 0. The minimum absolute atomic E-state index is 0.00581. The Labute approximate surface area is 169 Å². The van der Waals surface area contributed by atoms with Gasteiger partial charge in [-0.25, -0.2) is 8.78 Å². The van der Waals surface area contributed by atoms with Crippen molar-refractivity contribution in [2.45, 2.75) is 25.8 Å². The van der Waals surface area contributed by atoms with Crippen LogP contribution in [0.2, 0.25) is 0 Å². The van der Waals surface area contributed by atoms with Gasteiger partial charge < -0.3 is 15.5 Å². The molecule has 154 valence electrons. The minimum Gasteiger partial charge on any atom is -0.352 e. The van der Waals surface area contributed by atoms with Crippen LogP contribution >= 0.6 is 0 Å². The van der Waals surface area contributed by atoms with Crippen LogP contribution in [0.1, 0.15) is 24.8 Å². The summed E-state index contributed by atoms with van der Waals surface area (Å²) in [4.78, 5) is 26.5. The maximum Gasteiger partial charge on any atom is 0.225 e. The van der Waals surface area contributed by atoms with E-state index < -0.39 is 5.82 Å². The number of carbonyl (C=O) groups excluding carboxylic acids is 2. The Morgan fingerprint density at radius 1 is 1.00 bits per heavy atom. The van der Waals surface area contributed by atoms with Crippen LogP contribution in [0.15, 0.2) is 48.5 Å². The monoisotopic (exact) mass is 401 g/mol. The SMILES string of the molecule is O=C(CCN1CCC(C(=O)NCc2ccc(F)cc2)CC1)Nc1ccccc1F. The molecule has 7 heteroatoms. The molecule has 0 spiro atoms. The minimum atomic E-state index is -0.451. The highest BCUT2D eigenvalue weighted by molar-refractivity contribution is 5.90. The van der Waals surface area contributed by atoms with Crippen molar-refractivity contribution >= 4 is 17.5 Å². The van der Waals surface area contributed by atoms with E-state index in [1.807, 2.05) is 0 Å². The number of amides is 2. The average Bonchev–Trinajstić information content (AvgIpc) is 2.74. The molecule has 0 unspecified atom stereocenters. The van der Waals surface area contributed by atoms with Crippen molar-refractivity contribution in [1.82, 2.24) is 10.2 Å². The van der Waals surface area contributed by atoms with Crippen molar-refractivity contribution in [3.8, 4) is 0 Å². The lowest BCUT2D eigenvalue weighted by molar-refractivity contribution is -0.126. The van der Waals surface area contributed by atoms with E-state index in [-0.39, 0.29) is 35.7 Å². The van der Waals surface area contributed by atoms with Crippen molar-refractivity contribution < 1.29 is 18.4 Å². The quantitative estimate of drug-likeness (QED) is 0.748. The van der Waals surface area contributed by atoms with Gasteiger partial charge in [-0.3, -0.25) is 9.59 Å². The maximum absolute atomic E-state index is 13.6. The zero-order valence-electron chi connectivity index (χ0n) is 16.2. The van der Waals surface area contributed by atoms with E-state index >= 15 is 0 Å². The summed E-state index contributed by atoms with van der Waals surface area (Å²) in [6, 6.07) is 12.2. The number of hydrogen-bond acceptors (Lipinski definition) is 3. The van der Waals surface area contributed by atoms with E-state index in [1.54, 1.807) is 24.3 Å². The third-order valence-corrected chi connectivity index (χ3v) is 5.14. The number of hydrogen-bond donors (Lipinski definition) is 2. The van der Waals surface area contributed by atoms with Crippen molar-refractivity contribution in [3.05, 3.63) is 65.7 Å². The lowest BCUT2D eigenvalue weighted by atomic mass is 9.95. The van der Waals surface area contributed by atoms with Crippen molar-refractivity contribution in [3.63, 3.8) is 0 Å². The highest BCUT2D eigenvalue weighted by Crippen LogP contribution is 2.18. The zero-order valence-corrected chi connectivity index (χ0v) is 16.2. The first-order chi connectivity index (χ1) is 14.0. The van der Waals surface area contributed by atoms with Crippen molar-refractivity contribution in [1.29, 1.82) is 0 Å². The van der Waals surface area contributed by atoms with Crippen molar-refractivity contribution in [2.75, 3.05) is 25.0 Å². The molecular formula is C22H25F2N3O2. The Morgan fingerprint density at radius 3 is 2.38 bits per heavy atom. The largest absolute Gasteiger partial charge is 0.352 e. The fourth-order valence-corrected chi connectivity index (χ4v) is 3.39. The van der Waals surface area contributed by atoms with Gasteiger partial charge in [-0.1, -0.05) is 24.3 Å². The van der Waals surface area contributed by atoms with Gasteiger partial charge in [-0.2, -0.15) is 0 Å². The second-order valence-corrected chi connectivity index (χ2v) is 7.24. The number of anilines is 1. The normalized spacial score (nSPS) is 15.1. The molecule has 5 nitrogen and oxygen atoms in total. The summed E-state index contributed by atoms with van der Waals surface area (Å²) < 4.78 is 26.5. The summed E-state index contributed by atoms with van der Waals surface area (Å²) >= 11 is 0. The molecule has 0 saturated carbocycles. The van der Waals surface area contributed by atoms with Gasteiger partial charge in [-0.15, -0.1) is 0 Å². The molecule has 2 aromatic carbocycles. The molecule has 2 aromatic rings. The Hall–Kier alpha value is -2.80. The van der Waals surface area contributed by atoms with E-state index in [0.717, 1.165) is 31.5 Å². The van der Waals surface area contributed by atoms with Crippen molar-refractivity contribution in [2.24, 2.45) is 5.92 Å². The lowest BCUT2D eigenvalue weighted by Gasteiger charge is -2.31. The Morgan fingerprint density at radius 2 is 1.69 bits per heavy atom. The molecule has 1 saturated heterocycles. The molecule has 1 aliphatic heterocycles. The number of para-hydroxylation sites is 1. The number of halogens is 2. The fourth-order valence-electron chi connectivity index (χ4n) is 3.39. The van der Waals surface area contributed by atoms with Gasteiger partial charge in [0.1, 0.15) is 11.6 Å². The molecule has 0 atom stereocenters. The fraction of sp³-hybridized carbons (Fsp3) is 0.364. The molecule has 29 heavy (non-hydrogen) atoms. The van der Waals surface area contributed by atoms with Crippen LogP contribution in [0.25, 0.3) is 0 Å². The second-order valence-electron chi connectivity index (χ2n) is 7.24. The molecule has 3 rings (SSSR count). The Balaban J connectivity index is 1.35. The highest BCUT2D eigenvalue weighted by atomic mass is 19.1. The molecule has 0 radical (unpaired) electrons. The third-order valence-electron chi connectivity index (χ3n) is 5.14. The lowest BCUT2D eigenvalue weighted by Crippen LogP contribution is -2.41. The van der Waals surface area contributed by atoms with E-state index in [4.69, 9.17) is 0 Å². The molecule has 1 aliphatic rings.